The number of methoxy groups -OCH3 is 2. The zero-order valence-corrected chi connectivity index (χ0v) is 23.0. The Morgan fingerprint density at radius 1 is 0.650 bits per heavy atom. The molecule has 0 aliphatic heterocycles. The molecule has 5 aromatic rings. The van der Waals surface area contributed by atoms with Crippen LogP contribution in [-0.2, 0) is 35.8 Å². The van der Waals surface area contributed by atoms with E-state index in [1.165, 1.54) is 11.1 Å². The summed E-state index contributed by atoms with van der Waals surface area (Å²) >= 11 is 0. The Hall–Kier alpha value is -4.33. The van der Waals surface area contributed by atoms with E-state index in [0.29, 0.717) is 26.4 Å². The van der Waals surface area contributed by atoms with Crippen molar-refractivity contribution < 1.29 is 18.9 Å². The maximum absolute atomic E-state index is 5.87. The van der Waals surface area contributed by atoms with Crippen molar-refractivity contribution >= 4 is 16.7 Å². The Morgan fingerprint density at radius 3 is 1.95 bits per heavy atom. The summed E-state index contributed by atoms with van der Waals surface area (Å²) in [6.07, 6.45) is 1.73. The summed E-state index contributed by atoms with van der Waals surface area (Å²) in [6, 6.07) is 31.1. The average molecular weight is 538 g/mol. The van der Waals surface area contributed by atoms with E-state index in [9.17, 15) is 0 Å². The monoisotopic (exact) mass is 537 g/mol. The van der Waals surface area contributed by atoms with Crippen LogP contribution in [0, 0.1) is 0 Å². The molecule has 0 spiro atoms. The second-order valence-electron chi connectivity index (χ2n) is 9.58. The molecule has 1 aromatic heterocycles. The summed E-state index contributed by atoms with van der Waals surface area (Å²) < 4.78 is 22.3. The van der Waals surface area contributed by atoms with E-state index in [1.807, 2.05) is 36.4 Å². The number of benzene rings is 4. The minimum absolute atomic E-state index is 0.532. The van der Waals surface area contributed by atoms with Gasteiger partial charge in [0.2, 0.25) is 0 Å². The summed E-state index contributed by atoms with van der Waals surface area (Å²) in [7, 11) is 3.37. The van der Waals surface area contributed by atoms with Crippen molar-refractivity contribution in [2.24, 2.45) is 0 Å². The lowest BCUT2D eigenvalue weighted by molar-refractivity contribution is 0.0338. The SMILES string of the molecule is COc1cccc(COCCOCc2ccc(N(Cc3cccc(OC)c3)Cc3ccc4nc[nH]c4c3)cc2)c1. The number of hydrogen-bond donors (Lipinski definition) is 1. The van der Waals surface area contributed by atoms with Gasteiger partial charge in [0.15, 0.2) is 0 Å². The van der Waals surface area contributed by atoms with Crippen LogP contribution in [0.15, 0.2) is 97.3 Å². The van der Waals surface area contributed by atoms with Crippen LogP contribution in [0.25, 0.3) is 11.0 Å². The number of anilines is 1. The molecule has 1 N–H and O–H groups in total. The third kappa shape index (κ3) is 7.40. The van der Waals surface area contributed by atoms with Crippen molar-refractivity contribution in [3.05, 3.63) is 120 Å². The van der Waals surface area contributed by atoms with Crippen LogP contribution in [-0.4, -0.2) is 37.4 Å². The molecule has 0 radical (unpaired) electrons. The average Bonchev–Trinajstić information content (AvgIpc) is 3.47. The number of aromatic nitrogens is 2. The summed E-state index contributed by atoms with van der Waals surface area (Å²) in [6.45, 7) is 3.64. The molecule has 0 saturated carbocycles. The molecule has 0 aliphatic rings. The molecule has 0 atom stereocenters. The van der Waals surface area contributed by atoms with Gasteiger partial charge in [-0.05, 0) is 70.8 Å². The van der Waals surface area contributed by atoms with Crippen LogP contribution in [0.3, 0.4) is 0 Å². The summed E-state index contributed by atoms with van der Waals surface area (Å²) in [4.78, 5) is 9.93. The predicted molar refractivity (Wildman–Crippen MR) is 158 cm³/mol. The molecule has 40 heavy (non-hydrogen) atoms. The summed E-state index contributed by atoms with van der Waals surface area (Å²) in [5.41, 5.74) is 7.74. The Bertz CT molecular complexity index is 1500. The molecule has 5 rings (SSSR count). The van der Waals surface area contributed by atoms with Crippen molar-refractivity contribution in [3.8, 4) is 11.5 Å². The van der Waals surface area contributed by atoms with Crippen molar-refractivity contribution in [3.63, 3.8) is 0 Å². The van der Waals surface area contributed by atoms with E-state index in [4.69, 9.17) is 18.9 Å². The zero-order valence-electron chi connectivity index (χ0n) is 23.0. The molecule has 0 bridgehead atoms. The first-order valence-corrected chi connectivity index (χ1v) is 13.4. The fourth-order valence-electron chi connectivity index (χ4n) is 4.59. The number of ether oxygens (including phenoxy) is 4. The molecule has 0 fully saturated rings. The fourth-order valence-corrected chi connectivity index (χ4v) is 4.59. The smallest absolute Gasteiger partial charge is 0.119 e. The largest absolute Gasteiger partial charge is 0.497 e. The maximum Gasteiger partial charge on any atom is 0.119 e. The minimum Gasteiger partial charge on any atom is -0.497 e. The highest BCUT2D eigenvalue weighted by atomic mass is 16.5. The number of aromatic amines is 1. The van der Waals surface area contributed by atoms with Gasteiger partial charge in [0.1, 0.15) is 11.5 Å². The van der Waals surface area contributed by atoms with Crippen LogP contribution in [0.1, 0.15) is 22.3 Å². The van der Waals surface area contributed by atoms with Crippen LogP contribution >= 0.6 is 0 Å². The highest BCUT2D eigenvalue weighted by Crippen LogP contribution is 2.24. The molecule has 7 heteroatoms. The van der Waals surface area contributed by atoms with Gasteiger partial charge < -0.3 is 28.8 Å². The quantitative estimate of drug-likeness (QED) is 0.163. The molecule has 0 aliphatic carbocycles. The van der Waals surface area contributed by atoms with Crippen molar-refractivity contribution in [2.45, 2.75) is 26.3 Å². The second-order valence-corrected chi connectivity index (χ2v) is 9.58. The van der Waals surface area contributed by atoms with E-state index in [-0.39, 0.29) is 0 Å². The molecule has 1 heterocycles. The van der Waals surface area contributed by atoms with E-state index >= 15 is 0 Å². The van der Waals surface area contributed by atoms with Gasteiger partial charge in [-0.1, -0.05) is 42.5 Å². The third-order valence-electron chi connectivity index (χ3n) is 6.71. The van der Waals surface area contributed by atoms with Gasteiger partial charge in [-0.2, -0.15) is 0 Å². The maximum atomic E-state index is 5.87. The highest BCUT2D eigenvalue weighted by molar-refractivity contribution is 5.75. The number of fused-ring (bicyclic) bond motifs is 1. The highest BCUT2D eigenvalue weighted by Gasteiger charge is 2.11. The number of H-pyrrole nitrogens is 1. The Kier molecular flexibility index (Phi) is 9.29. The number of imidazole rings is 1. The standard InChI is InChI=1S/C33H35N3O4/c1-37-30-7-3-5-26(17-30)20-36(21-27-11-14-32-33(19-27)35-24-34-32)29-12-9-25(10-13-29)22-39-15-16-40-23-28-6-4-8-31(18-28)38-2/h3-14,17-19,24H,15-16,20-23H2,1-2H3,(H,34,35). The third-order valence-corrected chi connectivity index (χ3v) is 6.71. The van der Waals surface area contributed by atoms with Crippen LogP contribution in [0.5, 0.6) is 11.5 Å². The Labute approximate surface area is 235 Å². The summed E-state index contributed by atoms with van der Waals surface area (Å²) in [5, 5.41) is 0. The van der Waals surface area contributed by atoms with Gasteiger partial charge in [-0.15, -0.1) is 0 Å². The number of nitrogens with one attached hydrogen (secondary N) is 1. The molecule has 4 aromatic carbocycles. The van der Waals surface area contributed by atoms with E-state index < -0.39 is 0 Å². The second kappa shape index (κ2) is 13.6. The first-order valence-electron chi connectivity index (χ1n) is 13.4. The lowest BCUT2D eigenvalue weighted by atomic mass is 10.1. The van der Waals surface area contributed by atoms with Gasteiger partial charge in [0.05, 0.1) is 58.0 Å². The number of nitrogens with zero attached hydrogens (tertiary/aromatic N) is 2. The van der Waals surface area contributed by atoms with Gasteiger partial charge in [0, 0.05) is 18.8 Å². The van der Waals surface area contributed by atoms with E-state index in [0.717, 1.165) is 52.4 Å². The first-order chi connectivity index (χ1) is 19.7. The van der Waals surface area contributed by atoms with Gasteiger partial charge in [-0.25, -0.2) is 4.98 Å². The van der Waals surface area contributed by atoms with E-state index in [2.05, 4.69) is 69.5 Å². The number of rotatable bonds is 14. The molecular weight excluding hydrogens is 502 g/mol. The summed E-state index contributed by atoms with van der Waals surface area (Å²) in [5.74, 6) is 1.69. The predicted octanol–water partition coefficient (Wildman–Crippen LogP) is 6.52. The molecule has 7 nitrogen and oxygen atoms in total. The van der Waals surface area contributed by atoms with Crippen molar-refractivity contribution in [2.75, 3.05) is 32.3 Å². The lowest BCUT2D eigenvalue weighted by Gasteiger charge is -2.26. The van der Waals surface area contributed by atoms with Gasteiger partial charge in [-0.3, -0.25) is 0 Å². The van der Waals surface area contributed by atoms with Crippen LogP contribution < -0.4 is 14.4 Å². The minimum atomic E-state index is 0.532. The van der Waals surface area contributed by atoms with E-state index in [1.54, 1.807) is 20.5 Å². The van der Waals surface area contributed by atoms with Gasteiger partial charge in [0.25, 0.3) is 0 Å². The Balaban J connectivity index is 1.18. The molecule has 206 valence electrons. The normalized spacial score (nSPS) is 11.1. The topological polar surface area (TPSA) is 68.8 Å². The molecule has 0 saturated heterocycles. The van der Waals surface area contributed by atoms with Crippen molar-refractivity contribution in [1.29, 1.82) is 0 Å². The molecule has 0 unspecified atom stereocenters. The zero-order chi connectivity index (χ0) is 27.6. The number of hydrogen-bond acceptors (Lipinski definition) is 6. The van der Waals surface area contributed by atoms with Gasteiger partial charge >= 0.3 is 0 Å². The fraction of sp³-hybridized carbons (Fsp3) is 0.242. The molecule has 0 amide bonds. The van der Waals surface area contributed by atoms with Crippen LogP contribution in [0.2, 0.25) is 0 Å². The Morgan fingerprint density at radius 2 is 1.25 bits per heavy atom. The van der Waals surface area contributed by atoms with Crippen molar-refractivity contribution in [1.82, 2.24) is 9.97 Å². The first kappa shape index (κ1) is 27.2. The van der Waals surface area contributed by atoms with Crippen LogP contribution in [0.4, 0.5) is 5.69 Å². The lowest BCUT2D eigenvalue weighted by Crippen LogP contribution is -2.22. The molecular formula is C33H35N3O4.